The second-order valence-corrected chi connectivity index (χ2v) is 12.1. The first kappa shape index (κ1) is 22.3. The molecule has 0 bridgehead atoms. The summed E-state index contributed by atoms with van der Waals surface area (Å²) in [4.78, 5) is 12.1. The third-order valence-corrected chi connectivity index (χ3v) is 10.3. The van der Waals surface area contributed by atoms with Gasteiger partial charge in [0, 0.05) is 12.8 Å². The van der Waals surface area contributed by atoms with E-state index in [9.17, 15) is 4.79 Å². The summed E-state index contributed by atoms with van der Waals surface area (Å²) in [7, 11) is 0. The van der Waals surface area contributed by atoms with E-state index in [0.29, 0.717) is 23.0 Å². The van der Waals surface area contributed by atoms with Gasteiger partial charge < -0.3 is 0 Å². The molecule has 0 saturated heterocycles. The summed E-state index contributed by atoms with van der Waals surface area (Å²) in [5.74, 6) is 7.41. The molecule has 0 spiro atoms. The molecular weight excluding hydrogens is 364 g/mol. The number of carbonyl (C=O) groups excluding carboxylic acids is 1. The van der Waals surface area contributed by atoms with Gasteiger partial charge in [0.25, 0.3) is 0 Å². The lowest BCUT2D eigenvalue weighted by Crippen LogP contribution is -2.48. The Labute approximate surface area is 186 Å². The van der Waals surface area contributed by atoms with Crippen molar-refractivity contribution in [2.45, 2.75) is 92.9 Å². The van der Waals surface area contributed by atoms with Gasteiger partial charge in [0.15, 0.2) is 0 Å². The van der Waals surface area contributed by atoms with Crippen molar-refractivity contribution >= 4 is 5.78 Å². The zero-order valence-electron chi connectivity index (χ0n) is 20.5. The first-order valence-corrected chi connectivity index (χ1v) is 13.2. The Morgan fingerprint density at radius 2 is 1.97 bits per heavy atom. The van der Waals surface area contributed by atoms with Crippen molar-refractivity contribution in [2.24, 2.45) is 58.7 Å². The number of Topliss-reactive ketones (excluding diaryl/α,β-unsaturated/α-hetero) is 1. The van der Waals surface area contributed by atoms with Gasteiger partial charge in [-0.25, -0.2) is 0 Å². The Hall–Kier alpha value is -0.850. The minimum absolute atomic E-state index is 0.381. The molecule has 9 atom stereocenters. The van der Waals surface area contributed by atoms with Gasteiger partial charge in [-0.05, 0) is 97.2 Å². The van der Waals surface area contributed by atoms with Crippen LogP contribution < -0.4 is 0 Å². The highest BCUT2D eigenvalue weighted by Gasteiger charge is 2.55. The molecule has 0 aliphatic heterocycles. The maximum atomic E-state index is 12.1. The monoisotopic (exact) mass is 410 g/mol. The summed E-state index contributed by atoms with van der Waals surface area (Å²) in [6.07, 6.45) is 17.2. The van der Waals surface area contributed by atoms with Crippen molar-refractivity contribution in [3.8, 4) is 0 Å². The minimum Gasteiger partial charge on any atom is -0.300 e. The Kier molecular flexibility index (Phi) is 6.40. The summed E-state index contributed by atoms with van der Waals surface area (Å²) in [5.41, 5.74) is 2.21. The van der Waals surface area contributed by atoms with Gasteiger partial charge in [-0.2, -0.15) is 0 Å². The molecule has 1 heteroatoms. The molecule has 4 aliphatic carbocycles. The van der Waals surface area contributed by atoms with Crippen LogP contribution in [0.1, 0.15) is 92.9 Å². The molecule has 0 amide bonds. The average molecular weight is 411 g/mol. The van der Waals surface area contributed by atoms with Crippen molar-refractivity contribution in [1.82, 2.24) is 0 Å². The maximum absolute atomic E-state index is 12.1. The Bertz CT molecular complexity index is 699. The predicted molar refractivity (Wildman–Crippen MR) is 127 cm³/mol. The Morgan fingerprint density at radius 1 is 1.20 bits per heavy atom. The van der Waals surface area contributed by atoms with Crippen LogP contribution >= 0.6 is 0 Å². The summed E-state index contributed by atoms with van der Waals surface area (Å²) in [6, 6.07) is 0. The lowest BCUT2D eigenvalue weighted by Gasteiger charge is -2.56. The van der Waals surface area contributed by atoms with Gasteiger partial charge in [0.2, 0.25) is 0 Å². The molecule has 4 rings (SSSR count). The van der Waals surface area contributed by atoms with Gasteiger partial charge in [-0.15, -0.1) is 0 Å². The van der Waals surface area contributed by atoms with E-state index in [2.05, 4.69) is 59.8 Å². The molecule has 4 aliphatic rings. The number of hydrogen-bond donors (Lipinski definition) is 0. The van der Waals surface area contributed by atoms with Gasteiger partial charge in [0.1, 0.15) is 5.78 Å². The van der Waals surface area contributed by atoms with Crippen LogP contribution in [0.4, 0.5) is 0 Å². The SMILES string of the molecule is CC[C@H](/C=C/[C@@H](C)[C@H]1CC[C@@H]2C3=CC[C@H]4CC(=O)CC[C@]4(C)[C@@H]3C[C@@H](C)[C@@H]12)C(C)C. The quantitative estimate of drug-likeness (QED) is 0.421. The van der Waals surface area contributed by atoms with E-state index in [1.807, 2.05) is 5.57 Å². The van der Waals surface area contributed by atoms with Gasteiger partial charge >= 0.3 is 0 Å². The van der Waals surface area contributed by atoms with Crippen molar-refractivity contribution in [3.63, 3.8) is 0 Å². The number of hydrogen-bond acceptors (Lipinski definition) is 1. The highest BCUT2D eigenvalue weighted by atomic mass is 16.1. The fraction of sp³-hybridized carbons (Fsp3) is 0.828. The van der Waals surface area contributed by atoms with E-state index in [1.54, 1.807) is 0 Å². The van der Waals surface area contributed by atoms with Gasteiger partial charge in [0.05, 0.1) is 0 Å². The number of ketones is 1. The van der Waals surface area contributed by atoms with Crippen LogP contribution in [0.5, 0.6) is 0 Å². The summed E-state index contributed by atoms with van der Waals surface area (Å²) < 4.78 is 0. The van der Waals surface area contributed by atoms with Crippen LogP contribution in [-0.4, -0.2) is 5.78 Å². The van der Waals surface area contributed by atoms with Crippen molar-refractivity contribution in [3.05, 3.63) is 23.8 Å². The molecule has 0 heterocycles. The van der Waals surface area contributed by atoms with E-state index in [1.165, 1.54) is 32.1 Å². The normalized spacial score (nSPS) is 43.2. The lowest BCUT2D eigenvalue weighted by atomic mass is 9.49. The number of fused-ring (bicyclic) bond motifs is 5. The summed E-state index contributed by atoms with van der Waals surface area (Å²) >= 11 is 0. The van der Waals surface area contributed by atoms with E-state index >= 15 is 0 Å². The van der Waals surface area contributed by atoms with Crippen molar-refractivity contribution in [1.29, 1.82) is 0 Å². The van der Waals surface area contributed by atoms with Crippen LogP contribution in [0.2, 0.25) is 0 Å². The number of rotatable bonds is 5. The third kappa shape index (κ3) is 3.77. The Balaban J connectivity index is 1.53. The summed E-state index contributed by atoms with van der Waals surface area (Å²) in [6.45, 7) is 14.7. The number of allylic oxidation sites excluding steroid dienone is 4. The molecule has 1 nitrogen and oxygen atoms in total. The Morgan fingerprint density at radius 3 is 2.67 bits per heavy atom. The highest BCUT2D eigenvalue weighted by Crippen LogP contribution is 2.63. The molecule has 0 aromatic carbocycles. The molecule has 0 N–H and O–H groups in total. The average Bonchev–Trinajstić information content (AvgIpc) is 3.15. The first-order valence-electron chi connectivity index (χ1n) is 13.2. The topological polar surface area (TPSA) is 17.1 Å². The van der Waals surface area contributed by atoms with Crippen LogP contribution in [0, 0.1) is 58.7 Å². The van der Waals surface area contributed by atoms with Crippen LogP contribution in [-0.2, 0) is 4.79 Å². The minimum atomic E-state index is 0.381. The van der Waals surface area contributed by atoms with Crippen molar-refractivity contribution < 1.29 is 4.79 Å². The van der Waals surface area contributed by atoms with E-state index in [-0.39, 0.29) is 0 Å². The lowest BCUT2D eigenvalue weighted by molar-refractivity contribution is -0.127. The molecule has 0 unspecified atom stereocenters. The first-order chi connectivity index (χ1) is 14.3. The second-order valence-electron chi connectivity index (χ2n) is 12.1. The summed E-state index contributed by atoms with van der Waals surface area (Å²) in [5, 5.41) is 0. The van der Waals surface area contributed by atoms with Gasteiger partial charge in [-0.1, -0.05) is 65.3 Å². The molecule has 30 heavy (non-hydrogen) atoms. The smallest absolute Gasteiger partial charge is 0.133 e. The second kappa shape index (κ2) is 8.59. The largest absolute Gasteiger partial charge is 0.300 e. The molecular formula is C29H46O. The zero-order valence-corrected chi connectivity index (χ0v) is 20.5. The van der Waals surface area contributed by atoms with Crippen LogP contribution in [0.15, 0.2) is 23.8 Å². The highest BCUT2D eigenvalue weighted by molar-refractivity contribution is 5.79. The van der Waals surface area contributed by atoms with Crippen LogP contribution in [0.25, 0.3) is 0 Å². The molecule has 0 aromatic heterocycles. The molecule has 3 fully saturated rings. The fourth-order valence-corrected chi connectivity index (χ4v) is 8.35. The van der Waals surface area contributed by atoms with E-state index in [0.717, 1.165) is 60.7 Å². The fourth-order valence-electron chi connectivity index (χ4n) is 8.35. The van der Waals surface area contributed by atoms with E-state index < -0.39 is 0 Å². The molecule has 168 valence electrons. The van der Waals surface area contributed by atoms with E-state index in [4.69, 9.17) is 0 Å². The van der Waals surface area contributed by atoms with Gasteiger partial charge in [-0.3, -0.25) is 4.79 Å². The zero-order chi connectivity index (χ0) is 21.6. The third-order valence-electron chi connectivity index (χ3n) is 10.3. The van der Waals surface area contributed by atoms with Crippen LogP contribution in [0.3, 0.4) is 0 Å². The molecule has 0 radical (unpaired) electrons. The molecule has 0 aromatic rings. The molecule has 3 saturated carbocycles. The van der Waals surface area contributed by atoms with Crippen molar-refractivity contribution in [2.75, 3.05) is 0 Å². The predicted octanol–water partition coefficient (Wildman–Crippen LogP) is 7.86. The standard InChI is InChI=1S/C29H46O/c1-7-21(18(2)3)9-8-19(4)24-12-13-26-25-11-10-22-17-23(30)14-15-29(22,6)27(25)16-20(5)28(24)26/h8-9,11,18-22,24,26-28H,7,10,12-17H2,1-6H3/b9-8+/t19-,20-,21-,22+,24-,26-,27-,28+,29+/m1/s1. The maximum Gasteiger partial charge on any atom is 0.133 e. The number of carbonyl (C=O) groups is 1.